The number of halogens is 3. The van der Waals surface area contributed by atoms with Gasteiger partial charge >= 0.3 is 16.3 Å². The fourth-order valence-electron chi connectivity index (χ4n) is 1.33. The predicted octanol–water partition coefficient (Wildman–Crippen LogP) is 2.76. The Morgan fingerprint density at radius 3 is 2.32 bits per heavy atom. The second-order valence-corrected chi connectivity index (χ2v) is 6.15. The van der Waals surface area contributed by atoms with Crippen LogP contribution in [0.4, 0.5) is 13.2 Å². The van der Waals surface area contributed by atoms with Gasteiger partial charge in [-0.05, 0) is 18.6 Å². The Bertz CT molecular complexity index is 596. The van der Waals surface area contributed by atoms with Crippen LogP contribution >= 0.6 is 8.03 Å². The van der Waals surface area contributed by atoms with Gasteiger partial charge in [0.05, 0.1) is 5.56 Å². The molecule has 108 valence electrons. The van der Waals surface area contributed by atoms with Crippen molar-refractivity contribution in [1.29, 1.82) is 0 Å². The van der Waals surface area contributed by atoms with E-state index in [4.69, 9.17) is 0 Å². The normalized spacial score (nSPS) is 14.4. The third-order valence-corrected chi connectivity index (χ3v) is 3.74. The van der Waals surface area contributed by atoms with Crippen LogP contribution in [0.5, 0.6) is 0 Å². The highest BCUT2D eigenvalue weighted by Gasteiger charge is 2.39. The number of hydrogen-bond donors (Lipinski definition) is 0. The summed E-state index contributed by atoms with van der Waals surface area (Å²) in [5.74, 6) is 0. The molecule has 1 aromatic rings. The summed E-state index contributed by atoms with van der Waals surface area (Å²) in [4.78, 5) is -1.05. The van der Waals surface area contributed by atoms with Gasteiger partial charge in [-0.3, -0.25) is 4.57 Å². The first-order chi connectivity index (χ1) is 8.55. The van der Waals surface area contributed by atoms with E-state index in [1.54, 1.807) is 0 Å². The second kappa shape index (κ2) is 5.62. The molecule has 0 radical (unpaired) electrons. The van der Waals surface area contributed by atoms with Gasteiger partial charge in [-0.2, -0.15) is 26.3 Å². The molecule has 1 atom stereocenters. The molecule has 19 heavy (non-hydrogen) atoms. The Kier molecular flexibility index (Phi) is 4.78. The lowest BCUT2D eigenvalue weighted by atomic mass is 10.1. The summed E-state index contributed by atoms with van der Waals surface area (Å²) in [6.07, 6.45) is -4.87. The molecule has 0 saturated heterocycles. The van der Waals surface area contributed by atoms with E-state index >= 15 is 0 Å². The summed E-state index contributed by atoms with van der Waals surface area (Å²) < 4.78 is 80.0. The van der Waals surface area contributed by atoms with E-state index in [0.29, 0.717) is 6.07 Å². The third kappa shape index (κ3) is 4.04. The lowest BCUT2D eigenvalue weighted by Gasteiger charge is -2.14. The van der Waals surface area contributed by atoms with Crippen LogP contribution < -0.4 is 0 Å². The first-order valence-corrected chi connectivity index (χ1v) is 8.06. The van der Waals surface area contributed by atoms with Crippen molar-refractivity contribution in [3.8, 4) is 0 Å². The lowest BCUT2D eigenvalue weighted by Crippen LogP contribution is -2.16. The van der Waals surface area contributed by atoms with Crippen molar-refractivity contribution in [2.24, 2.45) is 0 Å². The van der Waals surface area contributed by atoms with Crippen LogP contribution in [0, 0.1) is 6.92 Å². The predicted molar refractivity (Wildman–Crippen MR) is 60.5 cm³/mol. The van der Waals surface area contributed by atoms with Gasteiger partial charge < -0.3 is 0 Å². The zero-order valence-corrected chi connectivity index (χ0v) is 11.6. The zero-order chi connectivity index (χ0) is 14.8. The first-order valence-electron chi connectivity index (χ1n) is 4.84. The summed E-state index contributed by atoms with van der Waals surface area (Å²) in [5.41, 5.74) is -1.53. The Balaban J connectivity index is 3.37. The highest BCUT2D eigenvalue weighted by atomic mass is 32.2. The molecule has 0 amide bonds. The molecule has 0 aromatic heterocycles. The molecule has 0 aliphatic rings. The Morgan fingerprint density at radius 1 is 1.26 bits per heavy atom. The molecule has 0 fully saturated rings. The van der Waals surface area contributed by atoms with E-state index in [1.807, 2.05) is 0 Å². The minimum Gasteiger partial charge on any atom is -0.294 e. The molecular weight excluding hydrogens is 308 g/mol. The van der Waals surface area contributed by atoms with Crippen molar-refractivity contribution in [3.63, 3.8) is 0 Å². The monoisotopic (exact) mass is 318 g/mol. The van der Waals surface area contributed by atoms with E-state index in [2.05, 4.69) is 9.01 Å². The smallest absolute Gasteiger partial charge is 0.294 e. The SMILES string of the molecule is Cc1cccc(C(F)(F)F)c1S(=O)(=O)OO[PH](C)=O. The summed E-state index contributed by atoms with van der Waals surface area (Å²) in [5, 5.41) is 0. The number of rotatable bonds is 4. The molecule has 0 aliphatic heterocycles. The number of aryl methyl sites for hydroxylation is 1. The largest absolute Gasteiger partial charge is 0.417 e. The fraction of sp³-hybridized carbons (Fsp3) is 0.333. The summed E-state index contributed by atoms with van der Waals surface area (Å²) in [6, 6.07) is 2.86. The van der Waals surface area contributed by atoms with Crippen molar-refractivity contribution >= 4 is 18.1 Å². The molecule has 5 nitrogen and oxygen atoms in total. The first kappa shape index (κ1) is 16.2. The van der Waals surface area contributed by atoms with E-state index in [0.717, 1.165) is 12.7 Å². The van der Waals surface area contributed by atoms with Gasteiger partial charge in [0.1, 0.15) is 4.90 Å². The van der Waals surface area contributed by atoms with Crippen molar-refractivity contribution in [2.75, 3.05) is 6.66 Å². The summed E-state index contributed by atoms with van der Waals surface area (Å²) in [6.45, 7) is 2.21. The molecule has 1 rings (SSSR count). The van der Waals surface area contributed by atoms with Crippen LogP contribution in [0.3, 0.4) is 0 Å². The van der Waals surface area contributed by atoms with Crippen LogP contribution in [0.25, 0.3) is 0 Å². The average Bonchev–Trinajstić information content (AvgIpc) is 2.24. The average molecular weight is 318 g/mol. The van der Waals surface area contributed by atoms with Gasteiger partial charge in [0.15, 0.2) is 0 Å². The molecule has 0 saturated carbocycles. The topological polar surface area (TPSA) is 69.7 Å². The molecule has 0 heterocycles. The maximum absolute atomic E-state index is 12.7. The Morgan fingerprint density at radius 2 is 1.84 bits per heavy atom. The van der Waals surface area contributed by atoms with Gasteiger partial charge in [-0.25, -0.2) is 0 Å². The lowest BCUT2D eigenvalue weighted by molar-refractivity contribution is -0.140. The maximum Gasteiger partial charge on any atom is 0.417 e. The number of benzene rings is 1. The Labute approximate surface area is 108 Å². The number of alkyl halides is 3. The molecule has 0 bridgehead atoms. The molecule has 1 unspecified atom stereocenters. The molecule has 0 aliphatic carbocycles. The molecule has 0 N–H and O–H groups in total. The molecule has 10 heteroatoms. The standard InChI is InChI=1S/C9H10F3O5PS/c1-6-4-3-5-7(9(10,11)12)8(6)19(14,15)17-16-18(2)13/h3-5,18H,1-2H3. The molecule has 0 spiro atoms. The van der Waals surface area contributed by atoms with E-state index in [1.165, 1.54) is 13.0 Å². The van der Waals surface area contributed by atoms with E-state index in [9.17, 15) is 26.2 Å². The quantitative estimate of drug-likeness (QED) is 0.485. The fourth-order valence-corrected chi connectivity index (χ4v) is 3.06. The summed E-state index contributed by atoms with van der Waals surface area (Å²) in [7, 11) is -7.58. The van der Waals surface area contributed by atoms with Crippen molar-refractivity contribution < 1.29 is 35.2 Å². The third-order valence-electron chi connectivity index (χ3n) is 2.01. The Hall–Kier alpha value is -0.890. The van der Waals surface area contributed by atoms with Crippen molar-refractivity contribution in [2.45, 2.75) is 18.0 Å². The minimum absolute atomic E-state index is 0.158. The van der Waals surface area contributed by atoms with Gasteiger partial charge in [0.25, 0.3) is 0 Å². The summed E-state index contributed by atoms with van der Waals surface area (Å²) >= 11 is 0. The highest BCUT2D eigenvalue weighted by molar-refractivity contribution is 7.86. The van der Waals surface area contributed by atoms with Crippen LogP contribution in [-0.4, -0.2) is 15.1 Å². The number of hydrogen-bond acceptors (Lipinski definition) is 5. The van der Waals surface area contributed by atoms with Crippen LogP contribution in [0.15, 0.2) is 23.1 Å². The molecular formula is C9H10F3O5PS. The van der Waals surface area contributed by atoms with E-state index < -0.39 is 34.8 Å². The van der Waals surface area contributed by atoms with Gasteiger partial charge in [-0.15, -0.1) is 0 Å². The van der Waals surface area contributed by atoms with E-state index in [-0.39, 0.29) is 5.56 Å². The van der Waals surface area contributed by atoms with Gasteiger partial charge in [-0.1, -0.05) is 16.5 Å². The van der Waals surface area contributed by atoms with Crippen molar-refractivity contribution in [1.82, 2.24) is 0 Å². The van der Waals surface area contributed by atoms with Crippen LogP contribution in [0.1, 0.15) is 11.1 Å². The second-order valence-electron chi connectivity index (χ2n) is 3.55. The van der Waals surface area contributed by atoms with Gasteiger partial charge in [0, 0.05) is 6.66 Å². The highest BCUT2D eigenvalue weighted by Crippen LogP contribution is 2.36. The van der Waals surface area contributed by atoms with Crippen molar-refractivity contribution in [3.05, 3.63) is 29.3 Å². The minimum atomic E-state index is -4.87. The zero-order valence-electron chi connectivity index (χ0n) is 9.82. The van der Waals surface area contributed by atoms with Crippen LogP contribution in [0.2, 0.25) is 0 Å². The van der Waals surface area contributed by atoms with Gasteiger partial charge in [0.2, 0.25) is 8.03 Å². The maximum atomic E-state index is 12.7. The van der Waals surface area contributed by atoms with Crippen LogP contribution in [-0.2, 0) is 29.9 Å². The molecule has 1 aromatic carbocycles.